The number of nitrogen functional groups attached to an aromatic ring is 1. The number of benzene rings is 1. The Morgan fingerprint density at radius 3 is 1.87 bits per heavy atom. The standard InChI is InChI=1S/C21H33N9/c22-13-1-3-18(4-2-13)27-20-7-19(29-9-14(23)5-15(24)10-29)8-21(28-20)30-11-16(25)6-17(26)12-30/h1-4,7-8,14-17H,5-6,9-12,22-26H2,(H,27,28)/t14-,15+,16-,17+. The first-order valence-electron chi connectivity index (χ1n) is 10.5. The van der Waals surface area contributed by atoms with Crippen molar-refractivity contribution in [3.63, 3.8) is 0 Å². The van der Waals surface area contributed by atoms with Crippen LogP contribution in [0, 0.1) is 0 Å². The molecule has 0 bridgehead atoms. The normalized spacial score (nSPS) is 27.2. The van der Waals surface area contributed by atoms with Crippen molar-refractivity contribution < 1.29 is 0 Å². The summed E-state index contributed by atoms with van der Waals surface area (Å²) >= 11 is 0. The second kappa shape index (κ2) is 8.65. The van der Waals surface area contributed by atoms with Gasteiger partial charge in [0, 0.05) is 79.5 Å². The van der Waals surface area contributed by atoms with Gasteiger partial charge in [0.1, 0.15) is 11.6 Å². The first-order valence-corrected chi connectivity index (χ1v) is 10.5. The number of nitrogens with one attached hydrogen (secondary N) is 1. The smallest absolute Gasteiger partial charge is 0.134 e. The summed E-state index contributed by atoms with van der Waals surface area (Å²) < 4.78 is 0. The van der Waals surface area contributed by atoms with Gasteiger partial charge in [-0.3, -0.25) is 0 Å². The van der Waals surface area contributed by atoms with E-state index in [-0.39, 0.29) is 24.2 Å². The van der Waals surface area contributed by atoms with E-state index in [2.05, 4.69) is 21.2 Å². The highest BCUT2D eigenvalue weighted by Gasteiger charge is 2.27. The molecule has 1 aromatic carbocycles. The SMILES string of the molecule is Nc1ccc(Nc2cc(N3C[C@H](N)C[C@H](N)C3)cc(N3C[C@H](N)C[C@H](N)C3)n2)cc1. The molecule has 4 atom stereocenters. The van der Waals surface area contributed by atoms with Gasteiger partial charge in [-0.1, -0.05) is 0 Å². The monoisotopic (exact) mass is 411 g/mol. The van der Waals surface area contributed by atoms with Crippen molar-refractivity contribution in [1.29, 1.82) is 0 Å². The average molecular weight is 412 g/mol. The summed E-state index contributed by atoms with van der Waals surface area (Å²) in [6, 6.07) is 11.9. The van der Waals surface area contributed by atoms with Crippen LogP contribution < -0.4 is 43.8 Å². The molecular formula is C21H33N9. The highest BCUT2D eigenvalue weighted by atomic mass is 15.2. The van der Waals surface area contributed by atoms with Crippen LogP contribution in [0.15, 0.2) is 36.4 Å². The number of rotatable bonds is 4. The number of pyridine rings is 1. The molecule has 0 unspecified atom stereocenters. The lowest BCUT2D eigenvalue weighted by atomic mass is 10.0. The van der Waals surface area contributed by atoms with Gasteiger partial charge in [0.05, 0.1) is 0 Å². The molecule has 162 valence electrons. The summed E-state index contributed by atoms with van der Waals surface area (Å²) in [5.74, 6) is 1.59. The van der Waals surface area contributed by atoms with E-state index in [1.807, 2.05) is 30.3 Å². The van der Waals surface area contributed by atoms with Gasteiger partial charge in [-0.25, -0.2) is 4.98 Å². The Labute approximate surface area is 177 Å². The van der Waals surface area contributed by atoms with Crippen molar-refractivity contribution in [3.8, 4) is 0 Å². The molecule has 2 aliphatic heterocycles. The molecule has 4 rings (SSSR count). The number of piperidine rings is 2. The fourth-order valence-corrected chi connectivity index (χ4v) is 4.38. The largest absolute Gasteiger partial charge is 0.399 e. The van der Waals surface area contributed by atoms with Gasteiger partial charge in [-0.2, -0.15) is 0 Å². The molecule has 0 saturated carbocycles. The minimum atomic E-state index is 0.0320. The van der Waals surface area contributed by atoms with Crippen LogP contribution in [0.4, 0.5) is 28.7 Å². The van der Waals surface area contributed by atoms with Crippen LogP contribution >= 0.6 is 0 Å². The van der Waals surface area contributed by atoms with E-state index in [0.29, 0.717) is 0 Å². The molecule has 0 amide bonds. The number of nitrogens with zero attached hydrogens (tertiary/aromatic N) is 3. The summed E-state index contributed by atoms with van der Waals surface area (Å²) in [4.78, 5) is 9.26. The molecule has 9 heteroatoms. The maximum atomic E-state index is 6.24. The fraction of sp³-hybridized carbons (Fsp3) is 0.476. The Hall–Kier alpha value is -2.59. The lowest BCUT2D eigenvalue weighted by Crippen LogP contribution is -2.53. The Balaban J connectivity index is 1.67. The molecule has 0 radical (unpaired) electrons. The second-order valence-electron chi connectivity index (χ2n) is 8.64. The minimum Gasteiger partial charge on any atom is -0.399 e. The van der Waals surface area contributed by atoms with Crippen molar-refractivity contribution in [2.45, 2.75) is 37.0 Å². The third-order valence-electron chi connectivity index (χ3n) is 5.70. The van der Waals surface area contributed by atoms with Crippen LogP contribution in [0.5, 0.6) is 0 Å². The molecule has 11 N–H and O–H groups in total. The Kier molecular flexibility index (Phi) is 5.96. The molecule has 0 aliphatic carbocycles. The number of anilines is 5. The quantitative estimate of drug-likeness (QED) is 0.384. The van der Waals surface area contributed by atoms with E-state index >= 15 is 0 Å². The van der Waals surface area contributed by atoms with E-state index in [4.69, 9.17) is 33.7 Å². The number of nitrogens with two attached hydrogens (primary N) is 5. The maximum absolute atomic E-state index is 6.24. The Morgan fingerprint density at radius 1 is 0.767 bits per heavy atom. The summed E-state index contributed by atoms with van der Waals surface area (Å²) in [6.45, 7) is 2.98. The van der Waals surface area contributed by atoms with Gasteiger partial charge in [-0.05, 0) is 37.1 Å². The van der Waals surface area contributed by atoms with Crippen molar-refractivity contribution in [2.24, 2.45) is 22.9 Å². The molecule has 2 aliphatic rings. The predicted octanol–water partition coefficient (Wildman–Crippen LogP) is 0.137. The zero-order valence-electron chi connectivity index (χ0n) is 17.2. The Morgan fingerprint density at radius 2 is 1.30 bits per heavy atom. The first-order chi connectivity index (χ1) is 14.4. The lowest BCUT2D eigenvalue weighted by molar-refractivity contribution is 0.448. The zero-order valence-corrected chi connectivity index (χ0v) is 17.2. The maximum Gasteiger partial charge on any atom is 0.134 e. The van der Waals surface area contributed by atoms with Gasteiger partial charge >= 0.3 is 0 Å². The van der Waals surface area contributed by atoms with Crippen LogP contribution in [0.3, 0.4) is 0 Å². The van der Waals surface area contributed by atoms with E-state index in [1.54, 1.807) is 0 Å². The van der Waals surface area contributed by atoms with Gasteiger partial charge in [0.15, 0.2) is 0 Å². The fourth-order valence-electron chi connectivity index (χ4n) is 4.38. The topological polar surface area (TPSA) is 162 Å². The summed E-state index contributed by atoms with van der Waals surface area (Å²) in [5.41, 5.74) is 33.4. The summed E-state index contributed by atoms with van der Waals surface area (Å²) in [5, 5.41) is 3.39. The predicted molar refractivity (Wildman–Crippen MR) is 124 cm³/mol. The van der Waals surface area contributed by atoms with Gasteiger partial charge in [-0.15, -0.1) is 0 Å². The highest BCUT2D eigenvalue weighted by Crippen LogP contribution is 2.29. The van der Waals surface area contributed by atoms with Gasteiger partial charge in [0.2, 0.25) is 0 Å². The van der Waals surface area contributed by atoms with E-state index in [9.17, 15) is 0 Å². The van der Waals surface area contributed by atoms with Crippen molar-refractivity contribution in [3.05, 3.63) is 36.4 Å². The molecule has 2 aromatic rings. The van der Waals surface area contributed by atoms with Crippen LogP contribution in [0.25, 0.3) is 0 Å². The summed E-state index contributed by atoms with van der Waals surface area (Å²) in [7, 11) is 0. The average Bonchev–Trinajstić information content (AvgIpc) is 2.68. The van der Waals surface area contributed by atoms with Crippen molar-refractivity contribution in [2.75, 3.05) is 47.0 Å². The third-order valence-corrected chi connectivity index (χ3v) is 5.70. The first kappa shape index (κ1) is 20.7. The zero-order chi connectivity index (χ0) is 21.3. The van der Waals surface area contributed by atoms with Crippen LogP contribution in [-0.2, 0) is 0 Å². The molecule has 9 nitrogen and oxygen atoms in total. The van der Waals surface area contributed by atoms with E-state index in [0.717, 1.165) is 67.7 Å². The van der Waals surface area contributed by atoms with Crippen LogP contribution in [0.1, 0.15) is 12.8 Å². The molecular weight excluding hydrogens is 378 g/mol. The van der Waals surface area contributed by atoms with Crippen molar-refractivity contribution in [1.82, 2.24) is 4.98 Å². The number of aromatic nitrogens is 1. The summed E-state index contributed by atoms with van der Waals surface area (Å²) in [6.07, 6.45) is 1.66. The minimum absolute atomic E-state index is 0.0320. The molecule has 1 aromatic heterocycles. The van der Waals surface area contributed by atoms with Crippen molar-refractivity contribution >= 4 is 28.7 Å². The van der Waals surface area contributed by atoms with Gasteiger partial charge < -0.3 is 43.8 Å². The van der Waals surface area contributed by atoms with Crippen LogP contribution in [-0.4, -0.2) is 55.3 Å². The second-order valence-corrected chi connectivity index (χ2v) is 8.64. The van der Waals surface area contributed by atoms with E-state index in [1.165, 1.54) is 0 Å². The molecule has 2 saturated heterocycles. The molecule has 0 spiro atoms. The number of hydrogen-bond donors (Lipinski definition) is 6. The lowest BCUT2D eigenvalue weighted by Gasteiger charge is -2.38. The highest BCUT2D eigenvalue weighted by molar-refractivity contribution is 5.67. The third kappa shape index (κ3) is 4.93. The Bertz CT molecular complexity index is 792. The molecule has 30 heavy (non-hydrogen) atoms. The number of hydrogen-bond acceptors (Lipinski definition) is 9. The van der Waals surface area contributed by atoms with Crippen LogP contribution in [0.2, 0.25) is 0 Å². The van der Waals surface area contributed by atoms with Gasteiger partial charge in [0.25, 0.3) is 0 Å². The molecule has 3 heterocycles. The molecule has 2 fully saturated rings. The van der Waals surface area contributed by atoms with E-state index < -0.39 is 0 Å².